The molecule has 0 aliphatic heterocycles. The van der Waals surface area contributed by atoms with Crippen LogP contribution < -0.4 is 10.1 Å². The van der Waals surface area contributed by atoms with Crippen molar-refractivity contribution in [3.63, 3.8) is 0 Å². The minimum absolute atomic E-state index is 0.166. The van der Waals surface area contributed by atoms with Gasteiger partial charge in [-0.05, 0) is 18.2 Å². The highest BCUT2D eigenvalue weighted by Gasteiger charge is 2.28. The molecule has 0 bridgehead atoms. The molecule has 0 aliphatic carbocycles. The predicted octanol–water partition coefficient (Wildman–Crippen LogP) is 3.93. The molecule has 2 rings (SSSR count). The first kappa shape index (κ1) is 16.1. The van der Waals surface area contributed by atoms with E-state index in [0.29, 0.717) is 10.7 Å². The molecular formula is C14H10ClF3N2O2. The van der Waals surface area contributed by atoms with Gasteiger partial charge in [0.05, 0.1) is 16.3 Å². The van der Waals surface area contributed by atoms with Crippen molar-refractivity contribution in [1.82, 2.24) is 4.98 Å². The first-order valence-electron chi connectivity index (χ1n) is 6.06. The van der Waals surface area contributed by atoms with E-state index in [4.69, 9.17) is 11.6 Å². The zero-order chi connectivity index (χ0) is 16.2. The zero-order valence-corrected chi connectivity index (χ0v) is 11.8. The maximum atomic E-state index is 12.0. The maximum Gasteiger partial charge on any atom is 0.422 e. The molecule has 0 atom stereocenters. The summed E-state index contributed by atoms with van der Waals surface area (Å²) in [6, 6.07) is 9.15. The van der Waals surface area contributed by atoms with E-state index >= 15 is 0 Å². The van der Waals surface area contributed by atoms with E-state index < -0.39 is 18.7 Å². The lowest BCUT2D eigenvalue weighted by molar-refractivity contribution is -0.154. The molecule has 1 N–H and O–H groups in total. The van der Waals surface area contributed by atoms with Crippen molar-refractivity contribution in [2.45, 2.75) is 6.18 Å². The van der Waals surface area contributed by atoms with E-state index in [1.807, 2.05) is 0 Å². The van der Waals surface area contributed by atoms with Gasteiger partial charge in [0, 0.05) is 12.3 Å². The molecule has 1 aromatic carbocycles. The molecule has 1 amide bonds. The Morgan fingerprint density at radius 2 is 1.95 bits per heavy atom. The topological polar surface area (TPSA) is 51.2 Å². The van der Waals surface area contributed by atoms with Gasteiger partial charge in [-0.3, -0.25) is 4.79 Å². The smallest absolute Gasteiger partial charge is 0.422 e. The number of alkyl halides is 3. The van der Waals surface area contributed by atoms with E-state index in [1.165, 1.54) is 12.1 Å². The fraction of sp³-hybridized carbons (Fsp3) is 0.143. The Morgan fingerprint density at radius 3 is 2.55 bits per heavy atom. The summed E-state index contributed by atoms with van der Waals surface area (Å²) >= 11 is 5.91. The number of carbonyl (C=O) groups excluding carboxylic acids is 1. The quantitative estimate of drug-likeness (QED) is 0.924. The van der Waals surface area contributed by atoms with Gasteiger partial charge in [-0.2, -0.15) is 13.2 Å². The summed E-state index contributed by atoms with van der Waals surface area (Å²) in [5, 5.41) is 2.94. The molecule has 0 spiro atoms. The van der Waals surface area contributed by atoms with E-state index in [9.17, 15) is 18.0 Å². The molecule has 2 aromatic rings. The van der Waals surface area contributed by atoms with E-state index in [2.05, 4.69) is 15.0 Å². The molecule has 8 heteroatoms. The molecule has 1 heterocycles. The number of aromatic nitrogens is 1. The normalized spacial score (nSPS) is 11.1. The number of hydrogen-bond donors (Lipinski definition) is 1. The summed E-state index contributed by atoms with van der Waals surface area (Å²) in [5.41, 5.74) is 0.589. The Morgan fingerprint density at radius 1 is 1.23 bits per heavy atom. The van der Waals surface area contributed by atoms with Crippen LogP contribution in [0.5, 0.6) is 5.88 Å². The molecule has 0 aliphatic rings. The molecule has 0 fully saturated rings. The SMILES string of the molecule is O=C(Nc1ccccc1Cl)c1ccc(OCC(F)(F)F)nc1. The number of carbonyl (C=O) groups is 1. The van der Waals surface area contributed by atoms with Crippen molar-refractivity contribution < 1.29 is 22.7 Å². The van der Waals surface area contributed by atoms with E-state index in [0.717, 1.165) is 6.20 Å². The highest BCUT2D eigenvalue weighted by molar-refractivity contribution is 6.33. The largest absolute Gasteiger partial charge is 0.468 e. The fourth-order valence-corrected chi connectivity index (χ4v) is 1.70. The average molecular weight is 331 g/mol. The van der Waals surface area contributed by atoms with Crippen molar-refractivity contribution in [2.75, 3.05) is 11.9 Å². The van der Waals surface area contributed by atoms with E-state index in [1.54, 1.807) is 24.3 Å². The third-order valence-corrected chi connectivity index (χ3v) is 2.83. The Bertz CT molecular complexity index is 660. The molecule has 0 saturated heterocycles. The third-order valence-electron chi connectivity index (χ3n) is 2.50. The summed E-state index contributed by atoms with van der Waals surface area (Å²) in [4.78, 5) is 15.6. The fourth-order valence-electron chi connectivity index (χ4n) is 1.51. The summed E-state index contributed by atoms with van der Waals surface area (Å²) in [7, 11) is 0. The molecule has 4 nitrogen and oxygen atoms in total. The Labute approximate surface area is 128 Å². The molecule has 1 aromatic heterocycles. The maximum absolute atomic E-state index is 12.0. The van der Waals surface area contributed by atoms with Crippen LogP contribution in [-0.2, 0) is 0 Å². The van der Waals surface area contributed by atoms with E-state index in [-0.39, 0.29) is 11.4 Å². The van der Waals surface area contributed by atoms with Gasteiger partial charge in [-0.25, -0.2) is 4.98 Å². The lowest BCUT2D eigenvalue weighted by Crippen LogP contribution is -2.19. The van der Waals surface area contributed by atoms with Gasteiger partial charge < -0.3 is 10.1 Å². The monoisotopic (exact) mass is 330 g/mol. The van der Waals surface area contributed by atoms with Crippen LogP contribution in [0.25, 0.3) is 0 Å². The summed E-state index contributed by atoms with van der Waals surface area (Å²) in [6.07, 6.45) is -3.32. The number of ether oxygens (including phenoxy) is 1. The standard InChI is InChI=1S/C14H10ClF3N2O2/c15-10-3-1-2-4-11(10)20-13(21)9-5-6-12(19-7-9)22-8-14(16,17)18/h1-7H,8H2,(H,20,21). The van der Waals surface area contributed by atoms with Crippen LogP contribution in [0.2, 0.25) is 5.02 Å². The number of hydrogen-bond acceptors (Lipinski definition) is 3. The second kappa shape index (κ2) is 6.65. The number of nitrogens with zero attached hydrogens (tertiary/aromatic N) is 1. The number of rotatable bonds is 4. The minimum atomic E-state index is -4.44. The molecule has 22 heavy (non-hydrogen) atoms. The first-order valence-corrected chi connectivity index (χ1v) is 6.44. The lowest BCUT2D eigenvalue weighted by atomic mass is 10.2. The van der Waals surface area contributed by atoms with Crippen LogP contribution in [-0.4, -0.2) is 23.7 Å². The van der Waals surface area contributed by atoms with Gasteiger partial charge in [0.25, 0.3) is 5.91 Å². The zero-order valence-electron chi connectivity index (χ0n) is 11.0. The van der Waals surface area contributed by atoms with Gasteiger partial charge in [0.15, 0.2) is 6.61 Å². The molecule has 116 valence electrons. The Hall–Kier alpha value is -2.28. The summed E-state index contributed by atoms with van der Waals surface area (Å²) < 4.78 is 40.5. The average Bonchev–Trinajstić information content (AvgIpc) is 2.47. The molecule has 0 unspecified atom stereocenters. The number of amides is 1. The van der Waals surface area contributed by atoms with Gasteiger partial charge in [0.2, 0.25) is 5.88 Å². The van der Waals surface area contributed by atoms with Gasteiger partial charge in [-0.15, -0.1) is 0 Å². The number of benzene rings is 1. The van der Waals surface area contributed by atoms with Crippen LogP contribution in [0.3, 0.4) is 0 Å². The number of nitrogens with one attached hydrogen (secondary N) is 1. The van der Waals surface area contributed by atoms with Crippen molar-refractivity contribution in [2.24, 2.45) is 0 Å². The van der Waals surface area contributed by atoms with Gasteiger partial charge in [-0.1, -0.05) is 23.7 Å². The van der Waals surface area contributed by atoms with Crippen LogP contribution >= 0.6 is 11.6 Å². The molecular weight excluding hydrogens is 321 g/mol. The number of anilines is 1. The van der Waals surface area contributed by atoms with Crippen LogP contribution in [0.1, 0.15) is 10.4 Å². The molecule has 0 radical (unpaired) electrons. The first-order chi connectivity index (χ1) is 10.3. The van der Waals surface area contributed by atoms with Crippen LogP contribution in [0.4, 0.5) is 18.9 Å². The van der Waals surface area contributed by atoms with Gasteiger partial charge in [0.1, 0.15) is 0 Å². The van der Waals surface area contributed by atoms with Crippen molar-refractivity contribution in [3.8, 4) is 5.88 Å². The number of halogens is 4. The highest BCUT2D eigenvalue weighted by Crippen LogP contribution is 2.21. The van der Waals surface area contributed by atoms with Crippen LogP contribution in [0.15, 0.2) is 42.6 Å². The number of para-hydroxylation sites is 1. The lowest BCUT2D eigenvalue weighted by Gasteiger charge is -2.09. The van der Waals surface area contributed by atoms with Crippen molar-refractivity contribution in [1.29, 1.82) is 0 Å². The summed E-state index contributed by atoms with van der Waals surface area (Å²) in [6.45, 7) is -1.44. The minimum Gasteiger partial charge on any atom is -0.468 e. The van der Waals surface area contributed by atoms with Crippen LogP contribution in [0, 0.1) is 0 Å². The Kier molecular flexibility index (Phi) is 4.87. The van der Waals surface area contributed by atoms with Crippen molar-refractivity contribution in [3.05, 3.63) is 53.2 Å². The van der Waals surface area contributed by atoms with Gasteiger partial charge >= 0.3 is 6.18 Å². The molecule has 0 saturated carbocycles. The highest BCUT2D eigenvalue weighted by atomic mass is 35.5. The Balaban J connectivity index is 2.01. The van der Waals surface area contributed by atoms with Crippen molar-refractivity contribution >= 4 is 23.2 Å². The number of pyridine rings is 1. The summed E-state index contributed by atoms with van der Waals surface area (Å²) in [5.74, 6) is -0.699. The second-order valence-corrected chi connectivity index (χ2v) is 4.63. The predicted molar refractivity (Wildman–Crippen MR) is 75.2 cm³/mol. The second-order valence-electron chi connectivity index (χ2n) is 4.22. The third kappa shape index (κ3) is 4.63.